The lowest BCUT2D eigenvalue weighted by atomic mass is 10.2. The predicted molar refractivity (Wildman–Crippen MR) is 74.9 cm³/mol. The fraction of sp³-hybridized carbons (Fsp3) is 0.133. The maximum atomic E-state index is 9.00. The van der Waals surface area contributed by atoms with Gasteiger partial charge >= 0.3 is 0 Å². The Labute approximate surface area is 112 Å². The standard InChI is InChI=1S/C13H13NO.C2H4O2/c14-12-8-4-5-9-13(12)15-10-11-6-2-1-3-7-11;1-2(3)4/h1-9H,10,14H2;1H3,(H,3,4). The molecule has 0 unspecified atom stereocenters. The monoisotopic (exact) mass is 259 g/mol. The maximum absolute atomic E-state index is 9.00. The Kier molecular flexibility index (Phi) is 5.95. The van der Waals surface area contributed by atoms with Gasteiger partial charge in [-0.15, -0.1) is 0 Å². The maximum Gasteiger partial charge on any atom is 0.300 e. The van der Waals surface area contributed by atoms with E-state index < -0.39 is 5.97 Å². The van der Waals surface area contributed by atoms with Crippen LogP contribution in [0.2, 0.25) is 0 Å². The molecule has 0 aromatic heterocycles. The zero-order chi connectivity index (χ0) is 14.1. The smallest absolute Gasteiger partial charge is 0.300 e. The molecule has 2 rings (SSSR count). The van der Waals surface area contributed by atoms with Crippen LogP contribution in [0.25, 0.3) is 0 Å². The molecule has 4 heteroatoms. The number of carboxylic acid groups (broad SMARTS) is 1. The molecule has 0 atom stereocenters. The molecule has 19 heavy (non-hydrogen) atoms. The van der Waals surface area contributed by atoms with Crippen LogP contribution in [0.1, 0.15) is 12.5 Å². The van der Waals surface area contributed by atoms with Gasteiger partial charge in [-0.2, -0.15) is 0 Å². The third kappa shape index (κ3) is 6.12. The van der Waals surface area contributed by atoms with Gasteiger partial charge in [0.2, 0.25) is 0 Å². The number of para-hydroxylation sites is 2. The van der Waals surface area contributed by atoms with Crippen molar-refractivity contribution in [3.63, 3.8) is 0 Å². The van der Waals surface area contributed by atoms with E-state index in [-0.39, 0.29) is 0 Å². The molecule has 100 valence electrons. The minimum absolute atomic E-state index is 0.551. The van der Waals surface area contributed by atoms with Gasteiger partial charge < -0.3 is 15.6 Å². The van der Waals surface area contributed by atoms with Crippen molar-refractivity contribution < 1.29 is 14.6 Å². The number of carbonyl (C=O) groups is 1. The van der Waals surface area contributed by atoms with Crippen molar-refractivity contribution in [2.45, 2.75) is 13.5 Å². The Hall–Kier alpha value is -2.49. The molecular weight excluding hydrogens is 242 g/mol. The highest BCUT2D eigenvalue weighted by molar-refractivity contribution is 5.62. The first-order valence-corrected chi connectivity index (χ1v) is 5.80. The number of anilines is 1. The van der Waals surface area contributed by atoms with E-state index in [9.17, 15) is 0 Å². The zero-order valence-corrected chi connectivity index (χ0v) is 10.7. The van der Waals surface area contributed by atoms with Crippen LogP contribution in [0.3, 0.4) is 0 Å². The highest BCUT2D eigenvalue weighted by Crippen LogP contribution is 2.20. The van der Waals surface area contributed by atoms with Crippen LogP contribution in [-0.4, -0.2) is 11.1 Å². The molecule has 4 nitrogen and oxygen atoms in total. The lowest BCUT2D eigenvalue weighted by Gasteiger charge is -2.08. The van der Waals surface area contributed by atoms with E-state index >= 15 is 0 Å². The molecule has 0 fully saturated rings. The van der Waals surface area contributed by atoms with Gasteiger partial charge in [0.1, 0.15) is 12.4 Å². The summed E-state index contributed by atoms with van der Waals surface area (Å²) in [5.41, 5.74) is 7.57. The van der Waals surface area contributed by atoms with Gasteiger partial charge in [-0.25, -0.2) is 0 Å². The molecular formula is C15H17NO3. The van der Waals surface area contributed by atoms with Crippen molar-refractivity contribution in [1.29, 1.82) is 0 Å². The number of nitrogen functional groups attached to an aromatic ring is 1. The van der Waals surface area contributed by atoms with Crippen LogP contribution in [0.4, 0.5) is 5.69 Å². The fourth-order valence-electron chi connectivity index (χ4n) is 1.35. The third-order valence-electron chi connectivity index (χ3n) is 2.16. The highest BCUT2D eigenvalue weighted by atomic mass is 16.5. The molecule has 0 spiro atoms. The molecule has 0 amide bonds. The molecule has 0 radical (unpaired) electrons. The average molecular weight is 259 g/mol. The summed E-state index contributed by atoms with van der Waals surface area (Å²) in [6.45, 7) is 1.63. The summed E-state index contributed by atoms with van der Waals surface area (Å²) >= 11 is 0. The number of nitrogens with two attached hydrogens (primary N) is 1. The second kappa shape index (κ2) is 7.76. The average Bonchev–Trinajstić information content (AvgIpc) is 2.38. The van der Waals surface area contributed by atoms with Crippen LogP contribution in [0.5, 0.6) is 5.75 Å². The van der Waals surface area contributed by atoms with Crippen LogP contribution in [-0.2, 0) is 11.4 Å². The summed E-state index contributed by atoms with van der Waals surface area (Å²) in [6.07, 6.45) is 0. The number of benzene rings is 2. The Bertz CT molecular complexity index is 508. The Morgan fingerprint density at radius 2 is 1.63 bits per heavy atom. The second-order valence-corrected chi connectivity index (χ2v) is 3.83. The molecule has 0 aliphatic rings. The summed E-state index contributed by atoms with van der Waals surface area (Å²) in [4.78, 5) is 9.00. The van der Waals surface area contributed by atoms with Gasteiger partial charge in [0.05, 0.1) is 5.69 Å². The van der Waals surface area contributed by atoms with Gasteiger partial charge in [-0.3, -0.25) is 4.79 Å². The lowest BCUT2D eigenvalue weighted by molar-refractivity contribution is -0.134. The number of ether oxygens (including phenoxy) is 1. The van der Waals surface area contributed by atoms with Crippen molar-refractivity contribution in [2.75, 3.05) is 5.73 Å². The first-order valence-electron chi connectivity index (χ1n) is 5.80. The topological polar surface area (TPSA) is 72.5 Å². The van der Waals surface area contributed by atoms with Crippen LogP contribution < -0.4 is 10.5 Å². The van der Waals surface area contributed by atoms with Crippen molar-refractivity contribution in [1.82, 2.24) is 0 Å². The molecule has 3 N–H and O–H groups in total. The van der Waals surface area contributed by atoms with Crippen molar-refractivity contribution >= 4 is 11.7 Å². The molecule has 0 saturated carbocycles. The van der Waals surface area contributed by atoms with Crippen LogP contribution in [0.15, 0.2) is 54.6 Å². The van der Waals surface area contributed by atoms with Crippen molar-refractivity contribution in [3.8, 4) is 5.75 Å². The van der Waals surface area contributed by atoms with Gasteiger partial charge in [0.25, 0.3) is 5.97 Å². The summed E-state index contributed by atoms with van der Waals surface area (Å²) in [7, 11) is 0. The fourth-order valence-corrected chi connectivity index (χ4v) is 1.35. The number of hydrogen-bond donors (Lipinski definition) is 2. The highest BCUT2D eigenvalue weighted by Gasteiger charge is 1.98. The van der Waals surface area contributed by atoms with Crippen LogP contribution >= 0.6 is 0 Å². The Balaban J connectivity index is 0.000000399. The number of rotatable bonds is 3. The molecule has 0 aliphatic carbocycles. The molecule has 2 aromatic rings. The van der Waals surface area contributed by atoms with E-state index in [0.717, 1.165) is 18.2 Å². The second-order valence-electron chi connectivity index (χ2n) is 3.83. The molecule has 2 aromatic carbocycles. The minimum atomic E-state index is -0.833. The largest absolute Gasteiger partial charge is 0.487 e. The first-order chi connectivity index (χ1) is 9.09. The van der Waals surface area contributed by atoms with Crippen molar-refractivity contribution in [3.05, 3.63) is 60.2 Å². The summed E-state index contributed by atoms with van der Waals surface area (Å²) in [5.74, 6) is -0.0960. The molecule has 0 saturated heterocycles. The van der Waals surface area contributed by atoms with Gasteiger partial charge in [0.15, 0.2) is 0 Å². The first kappa shape index (κ1) is 14.6. The quantitative estimate of drug-likeness (QED) is 0.831. The van der Waals surface area contributed by atoms with Gasteiger partial charge in [-0.05, 0) is 17.7 Å². The minimum Gasteiger partial charge on any atom is -0.487 e. The van der Waals surface area contributed by atoms with Crippen LogP contribution in [0, 0.1) is 0 Å². The van der Waals surface area contributed by atoms with E-state index in [2.05, 4.69) is 0 Å². The van der Waals surface area contributed by atoms with Gasteiger partial charge in [0, 0.05) is 6.92 Å². The number of carboxylic acids is 1. The number of hydrogen-bond acceptors (Lipinski definition) is 3. The predicted octanol–water partition coefficient (Wildman–Crippen LogP) is 2.94. The van der Waals surface area contributed by atoms with E-state index in [4.69, 9.17) is 20.4 Å². The Morgan fingerprint density at radius 1 is 1.11 bits per heavy atom. The van der Waals surface area contributed by atoms with E-state index in [1.807, 2.05) is 54.6 Å². The normalized spacial score (nSPS) is 9.11. The SMILES string of the molecule is CC(=O)O.Nc1ccccc1OCc1ccccc1. The molecule has 0 aliphatic heterocycles. The van der Waals surface area contributed by atoms with E-state index in [1.54, 1.807) is 0 Å². The van der Waals surface area contributed by atoms with E-state index in [0.29, 0.717) is 12.3 Å². The summed E-state index contributed by atoms with van der Waals surface area (Å²) in [6, 6.07) is 17.5. The molecule has 0 heterocycles. The lowest BCUT2D eigenvalue weighted by Crippen LogP contribution is -1.97. The summed E-state index contributed by atoms with van der Waals surface area (Å²) < 4.78 is 5.60. The number of aliphatic carboxylic acids is 1. The van der Waals surface area contributed by atoms with E-state index in [1.165, 1.54) is 0 Å². The zero-order valence-electron chi connectivity index (χ0n) is 10.7. The van der Waals surface area contributed by atoms with Crippen molar-refractivity contribution in [2.24, 2.45) is 0 Å². The van der Waals surface area contributed by atoms with Gasteiger partial charge in [-0.1, -0.05) is 42.5 Å². The molecule has 0 bridgehead atoms. The summed E-state index contributed by atoms with van der Waals surface area (Å²) in [5, 5.41) is 7.42. The Morgan fingerprint density at radius 3 is 2.21 bits per heavy atom. The third-order valence-corrected chi connectivity index (χ3v) is 2.16.